The van der Waals surface area contributed by atoms with Crippen molar-refractivity contribution in [2.24, 2.45) is 0 Å². The Bertz CT molecular complexity index is 870. The number of hydrogen-bond donors (Lipinski definition) is 0. The van der Waals surface area contributed by atoms with E-state index in [1.807, 2.05) is 12.2 Å². The third-order valence-corrected chi connectivity index (χ3v) is 13.6. The van der Waals surface area contributed by atoms with Crippen LogP contribution in [0.2, 0.25) is 0 Å². The second kappa shape index (κ2) is 59.8. The molecule has 0 aliphatic carbocycles. The number of allylic oxidation sites excluding steroid dienone is 2. The van der Waals surface area contributed by atoms with Crippen LogP contribution in [0.1, 0.15) is 310 Å². The monoisotopic (exact) mass is 979 g/mol. The molecule has 7 heteroatoms. The highest BCUT2D eigenvalue weighted by Gasteiger charge is 2.13. The number of unbranched alkanes of at least 4 members (excludes halogenated alkanes) is 36. The Labute approximate surface area is 431 Å². The summed E-state index contributed by atoms with van der Waals surface area (Å²) in [5, 5.41) is 0. The van der Waals surface area contributed by atoms with Gasteiger partial charge in [-0.25, -0.2) is 0 Å². The molecule has 0 saturated carbocycles. The molecule has 0 aliphatic rings. The third kappa shape index (κ3) is 53.3. The second-order valence-electron chi connectivity index (χ2n) is 20.4. The van der Waals surface area contributed by atoms with Crippen LogP contribution in [0.5, 0.6) is 0 Å². The Morgan fingerprint density at radius 3 is 0.768 bits per heavy atom. The fourth-order valence-corrected chi connectivity index (χ4v) is 8.99. The highest BCUT2D eigenvalue weighted by Crippen LogP contribution is 2.18. The van der Waals surface area contributed by atoms with Crippen molar-refractivity contribution in [2.45, 2.75) is 335 Å². The van der Waals surface area contributed by atoms with Crippen molar-refractivity contribution < 1.29 is 33.2 Å². The van der Waals surface area contributed by atoms with Crippen molar-refractivity contribution >= 4 is 0 Å². The molecule has 0 aromatic rings. The van der Waals surface area contributed by atoms with E-state index in [0.29, 0.717) is 0 Å². The Morgan fingerprint density at radius 2 is 0.507 bits per heavy atom. The molecular weight excluding hydrogens is 857 g/mol. The van der Waals surface area contributed by atoms with Crippen LogP contribution in [0.25, 0.3) is 0 Å². The summed E-state index contributed by atoms with van der Waals surface area (Å²) in [5.74, 6) is 0. The van der Waals surface area contributed by atoms with Gasteiger partial charge in [0.15, 0.2) is 25.2 Å². The van der Waals surface area contributed by atoms with E-state index in [1.54, 1.807) is 14.2 Å². The molecule has 0 N–H and O–H groups in total. The van der Waals surface area contributed by atoms with Crippen molar-refractivity contribution in [3.8, 4) is 0 Å². The molecule has 0 saturated heterocycles. The average Bonchev–Trinajstić information content (AvgIpc) is 3.36. The summed E-state index contributed by atoms with van der Waals surface area (Å²) in [6.07, 6.45) is 63.3. The summed E-state index contributed by atoms with van der Waals surface area (Å²) in [4.78, 5) is 0. The standard InChI is InChI=1S/C62H122O7/c1-7-11-15-19-23-31-39-47-55-65-61(66-56-48-40-32-24-20-16-12-8-2)53-45-37-29-27-35-43-51-59(63-5)69-60(64-6)52-44-36-28-30-38-46-54-62(67-57-49-41-33-25-21-17-13-9-3)68-58-50-42-34-26-22-18-14-10-4/h43-44,51-52,59-62H,7-42,45-50,53-58H2,1-6H3. The largest absolute Gasteiger partial charge is 0.353 e. The lowest BCUT2D eigenvalue weighted by molar-refractivity contribution is -0.188. The van der Waals surface area contributed by atoms with Crippen molar-refractivity contribution in [3.63, 3.8) is 0 Å². The highest BCUT2D eigenvalue weighted by molar-refractivity contribution is 4.89. The van der Waals surface area contributed by atoms with Crippen molar-refractivity contribution in [1.29, 1.82) is 0 Å². The number of ether oxygens (including phenoxy) is 7. The van der Waals surface area contributed by atoms with Gasteiger partial charge in [0.1, 0.15) is 0 Å². The van der Waals surface area contributed by atoms with Crippen molar-refractivity contribution in [1.82, 2.24) is 0 Å². The van der Waals surface area contributed by atoms with Gasteiger partial charge in [-0.05, 0) is 89.2 Å². The molecule has 0 aliphatic heterocycles. The molecule has 0 heterocycles. The maximum atomic E-state index is 6.31. The first-order valence-corrected chi connectivity index (χ1v) is 30.7. The van der Waals surface area contributed by atoms with E-state index < -0.39 is 12.6 Å². The van der Waals surface area contributed by atoms with Gasteiger partial charge in [-0.1, -0.05) is 245 Å². The first-order valence-electron chi connectivity index (χ1n) is 30.7. The molecule has 0 aromatic carbocycles. The Kier molecular flexibility index (Phi) is 59.1. The molecule has 2 unspecified atom stereocenters. The van der Waals surface area contributed by atoms with E-state index in [0.717, 1.165) is 103 Å². The molecule has 0 rings (SSSR count). The van der Waals surface area contributed by atoms with Gasteiger partial charge >= 0.3 is 0 Å². The molecule has 0 bridgehead atoms. The molecule has 0 amide bonds. The highest BCUT2D eigenvalue weighted by atomic mass is 16.8. The van der Waals surface area contributed by atoms with Gasteiger partial charge in [0.2, 0.25) is 0 Å². The van der Waals surface area contributed by atoms with E-state index in [4.69, 9.17) is 33.2 Å². The van der Waals surface area contributed by atoms with Gasteiger partial charge in [-0.3, -0.25) is 0 Å². The quantitative estimate of drug-likeness (QED) is 0.0342. The Morgan fingerprint density at radius 1 is 0.275 bits per heavy atom. The third-order valence-electron chi connectivity index (χ3n) is 13.6. The normalized spacial score (nSPS) is 13.1. The lowest BCUT2D eigenvalue weighted by Crippen LogP contribution is -2.22. The predicted molar refractivity (Wildman–Crippen MR) is 298 cm³/mol. The van der Waals surface area contributed by atoms with Crippen LogP contribution < -0.4 is 0 Å². The van der Waals surface area contributed by atoms with Crippen LogP contribution in [0.4, 0.5) is 0 Å². The Balaban J connectivity index is 4.45. The van der Waals surface area contributed by atoms with E-state index in [2.05, 4.69) is 39.8 Å². The van der Waals surface area contributed by atoms with E-state index in [1.165, 1.54) is 205 Å². The van der Waals surface area contributed by atoms with Gasteiger partial charge in [0.05, 0.1) is 0 Å². The molecular formula is C62H122O7. The minimum Gasteiger partial charge on any atom is -0.353 e. The topological polar surface area (TPSA) is 64.6 Å². The molecule has 69 heavy (non-hydrogen) atoms. The zero-order valence-electron chi connectivity index (χ0n) is 47.4. The molecule has 0 aromatic heterocycles. The number of methoxy groups -OCH3 is 2. The molecule has 412 valence electrons. The average molecular weight is 980 g/mol. The van der Waals surface area contributed by atoms with E-state index >= 15 is 0 Å². The smallest absolute Gasteiger partial charge is 0.179 e. The summed E-state index contributed by atoms with van der Waals surface area (Å²) < 4.78 is 42.6. The Hall–Kier alpha value is -0.800. The molecule has 2 atom stereocenters. The number of hydrogen-bond acceptors (Lipinski definition) is 7. The van der Waals surface area contributed by atoms with Crippen molar-refractivity contribution in [3.05, 3.63) is 24.3 Å². The van der Waals surface area contributed by atoms with Gasteiger partial charge in [0.25, 0.3) is 0 Å². The molecule has 0 radical (unpaired) electrons. The van der Waals surface area contributed by atoms with Gasteiger partial charge in [-0.15, -0.1) is 0 Å². The summed E-state index contributed by atoms with van der Waals surface area (Å²) in [6, 6.07) is 0. The van der Waals surface area contributed by atoms with Crippen LogP contribution in [0.15, 0.2) is 24.3 Å². The molecule has 0 fully saturated rings. The fourth-order valence-electron chi connectivity index (χ4n) is 8.99. The summed E-state index contributed by atoms with van der Waals surface area (Å²) in [5.41, 5.74) is 0. The minimum absolute atomic E-state index is 0.0477. The summed E-state index contributed by atoms with van der Waals surface area (Å²) >= 11 is 0. The van der Waals surface area contributed by atoms with Crippen LogP contribution in [-0.4, -0.2) is 65.8 Å². The lowest BCUT2D eigenvalue weighted by atomic mass is 10.1. The van der Waals surface area contributed by atoms with Crippen molar-refractivity contribution in [2.75, 3.05) is 40.6 Å². The maximum Gasteiger partial charge on any atom is 0.179 e. The summed E-state index contributed by atoms with van der Waals surface area (Å²) in [6.45, 7) is 12.5. The lowest BCUT2D eigenvalue weighted by Gasteiger charge is -2.19. The second-order valence-corrected chi connectivity index (χ2v) is 20.4. The fraction of sp³-hybridized carbons (Fsp3) is 0.935. The van der Waals surface area contributed by atoms with E-state index in [9.17, 15) is 0 Å². The SMILES string of the molecule is CCCCCCCCCCOC(CCCCCCC=CC(OC)OC(C=CCCCCCCC(OCCCCCCCCCC)OCCCCCCCCCC)OC)OCCCCCCCCCC. The summed E-state index contributed by atoms with van der Waals surface area (Å²) in [7, 11) is 3.39. The maximum absolute atomic E-state index is 6.31. The van der Waals surface area contributed by atoms with Crippen LogP contribution in [0.3, 0.4) is 0 Å². The van der Waals surface area contributed by atoms with Gasteiger partial charge in [-0.2, -0.15) is 0 Å². The first kappa shape index (κ1) is 68.2. The van der Waals surface area contributed by atoms with Crippen LogP contribution in [0, 0.1) is 0 Å². The molecule has 0 spiro atoms. The first-order chi connectivity index (χ1) is 34.1. The van der Waals surface area contributed by atoms with Gasteiger partial charge < -0.3 is 33.2 Å². The zero-order chi connectivity index (χ0) is 50.0. The zero-order valence-corrected chi connectivity index (χ0v) is 47.4. The van der Waals surface area contributed by atoms with Crippen LogP contribution >= 0.6 is 0 Å². The van der Waals surface area contributed by atoms with Gasteiger partial charge in [0, 0.05) is 40.6 Å². The minimum atomic E-state index is -0.430. The molecule has 7 nitrogen and oxygen atoms in total. The van der Waals surface area contributed by atoms with Crippen LogP contribution in [-0.2, 0) is 33.2 Å². The van der Waals surface area contributed by atoms with E-state index in [-0.39, 0.29) is 12.6 Å². The number of rotatable bonds is 60. The predicted octanol–water partition coefficient (Wildman–Crippen LogP) is 20.0.